The average Bonchev–Trinajstić information content (AvgIpc) is 3.13. The lowest BCUT2D eigenvalue weighted by Gasteiger charge is -2.28. The first-order valence-electron chi connectivity index (χ1n) is 20.6. The van der Waals surface area contributed by atoms with Crippen molar-refractivity contribution in [3.05, 3.63) is 0 Å². The summed E-state index contributed by atoms with van der Waals surface area (Å²) in [6, 6.07) is 0. The van der Waals surface area contributed by atoms with Gasteiger partial charge in [0.15, 0.2) is 0 Å². The molecule has 8 nitrogen and oxygen atoms in total. The van der Waals surface area contributed by atoms with E-state index in [1.54, 1.807) is 42.7 Å². The molecule has 0 saturated carbocycles. The molecule has 0 bridgehead atoms. The smallest absolute Gasteiger partial charge is 0.385 e. The fourth-order valence-corrected chi connectivity index (χ4v) is 4.31. The third kappa shape index (κ3) is 66.3. The standard InChI is InChI=1S/C11H21F3O2.C9H20O2.C7H16O2.2C6H14O.2C2H6/c1-4-5-6-10(2,7-15-3)8-16-9-11(12,13)14;1-5-9(3,7-10-4)8-11-6-2;1-7(2,5-8-3)6-9-4;2*1-3-4-5-6-7-2;2*1-2/h4-9H2,1-3H3;5-8H2,1-4H3;5-6H2,1-4H3;2*3-6H2,1-2H3;2*1-2H3. The fourth-order valence-electron chi connectivity index (χ4n) is 4.31. The summed E-state index contributed by atoms with van der Waals surface area (Å²) < 4.78 is 75.6. The number of unbranched alkanes of at least 4 members (excludes halogenated alkanes) is 5. The van der Waals surface area contributed by atoms with E-state index in [2.05, 4.69) is 41.5 Å². The highest BCUT2D eigenvalue weighted by atomic mass is 19.4. The lowest BCUT2D eigenvalue weighted by Crippen LogP contribution is -2.31. The molecule has 0 aliphatic carbocycles. The van der Waals surface area contributed by atoms with Crippen LogP contribution in [0.5, 0.6) is 0 Å². The van der Waals surface area contributed by atoms with Gasteiger partial charge in [-0.25, -0.2) is 0 Å². The summed E-state index contributed by atoms with van der Waals surface area (Å²) >= 11 is 0. The minimum atomic E-state index is -4.25. The Morgan fingerprint density at radius 1 is 0.407 bits per heavy atom. The quantitative estimate of drug-likeness (QED) is 0.0801. The van der Waals surface area contributed by atoms with E-state index in [1.165, 1.54) is 38.5 Å². The largest absolute Gasteiger partial charge is 0.411 e. The summed E-state index contributed by atoms with van der Waals surface area (Å²) in [6.07, 6.45) is 7.23. The molecular formula is C43H97F3O8. The predicted molar refractivity (Wildman–Crippen MR) is 226 cm³/mol. The Labute approximate surface area is 336 Å². The predicted octanol–water partition coefficient (Wildman–Crippen LogP) is 12.5. The van der Waals surface area contributed by atoms with Gasteiger partial charge in [-0.1, -0.05) is 122 Å². The van der Waals surface area contributed by atoms with Crippen molar-refractivity contribution < 1.29 is 51.1 Å². The molecule has 0 aromatic rings. The fraction of sp³-hybridized carbons (Fsp3) is 1.00. The molecule has 0 aromatic carbocycles. The van der Waals surface area contributed by atoms with Crippen molar-refractivity contribution in [2.75, 3.05) is 109 Å². The molecule has 2 atom stereocenters. The van der Waals surface area contributed by atoms with E-state index in [4.69, 9.17) is 37.9 Å². The van der Waals surface area contributed by atoms with Gasteiger partial charge in [0.05, 0.1) is 39.6 Å². The molecule has 0 N–H and O–H groups in total. The lowest BCUT2D eigenvalue weighted by atomic mass is 9.87. The van der Waals surface area contributed by atoms with Crippen molar-refractivity contribution >= 4 is 0 Å². The molecule has 2 unspecified atom stereocenters. The monoisotopic (exact) mass is 799 g/mol. The third-order valence-corrected chi connectivity index (χ3v) is 7.32. The third-order valence-electron chi connectivity index (χ3n) is 7.32. The number of hydrogen-bond acceptors (Lipinski definition) is 8. The van der Waals surface area contributed by atoms with Gasteiger partial charge in [0, 0.05) is 78.7 Å². The van der Waals surface area contributed by atoms with E-state index in [9.17, 15) is 13.2 Å². The number of ether oxygens (including phenoxy) is 8. The molecule has 338 valence electrons. The van der Waals surface area contributed by atoms with E-state index < -0.39 is 12.8 Å². The van der Waals surface area contributed by atoms with Crippen LogP contribution < -0.4 is 0 Å². The van der Waals surface area contributed by atoms with Gasteiger partial charge in [0.2, 0.25) is 0 Å². The summed E-state index contributed by atoms with van der Waals surface area (Å²) in [7, 11) is 10.2. The second-order valence-corrected chi connectivity index (χ2v) is 14.1. The molecule has 0 radical (unpaired) electrons. The first kappa shape index (κ1) is 68.2. The molecule has 0 fully saturated rings. The molecule has 0 amide bonds. The molecule has 0 saturated heterocycles. The molecule has 0 heterocycles. The van der Waals surface area contributed by atoms with Crippen LogP contribution in [0.4, 0.5) is 13.2 Å². The number of rotatable bonds is 26. The Morgan fingerprint density at radius 3 is 1.07 bits per heavy atom. The van der Waals surface area contributed by atoms with E-state index in [-0.39, 0.29) is 22.9 Å². The summed E-state index contributed by atoms with van der Waals surface area (Å²) in [6.45, 7) is 32.0. The first-order chi connectivity index (χ1) is 25.5. The number of hydrogen-bond donors (Lipinski definition) is 0. The van der Waals surface area contributed by atoms with Gasteiger partial charge in [-0.15, -0.1) is 0 Å². The highest BCUT2D eigenvalue weighted by Gasteiger charge is 2.31. The van der Waals surface area contributed by atoms with E-state index >= 15 is 0 Å². The molecule has 0 spiro atoms. The van der Waals surface area contributed by atoms with Gasteiger partial charge in [-0.2, -0.15) is 13.2 Å². The van der Waals surface area contributed by atoms with Gasteiger partial charge in [0.25, 0.3) is 0 Å². The van der Waals surface area contributed by atoms with Crippen LogP contribution in [0.1, 0.15) is 154 Å². The number of alkyl halides is 3. The van der Waals surface area contributed by atoms with Crippen LogP contribution in [0, 0.1) is 16.2 Å². The van der Waals surface area contributed by atoms with E-state index in [0.29, 0.717) is 6.61 Å². The SMILES string of the molecule is CC.CC.CCCCC(C)(COC)COCC(F)(F)F.CCCCCOC.CCCCCOC.CCOCC(C)(CC)COC.COCC(C)(C)COC. The van der Waals surface area contributed by atoms with Crippen LogP contribution in [0.15, 0.2) is 0 Å². The lowest BCUT2D eigenvalue weighted by molar-refractivity contribution is -0.182. The highest BCUT2D eigenvalue weighted by molar-refractivity contribution is 4.74. The van der Waals surface area contributed by atoms with Crippen LogP contribution >= 0.6 is 0 Å². The van der Waals surface area contributed by atoms with Crippen molar-refractivity contribution in [2.45, 2.75) is 160 Å². The van der Waals surface area contributed by atoms with Gasteiger partial charge in [-0.05, 0) is 32.6 Å². The maximum Gasteiger partial charge on any atom is 0.411 e. The zero-order valence-electron chi connectivity index (χ0n) is 39.5. The first-order valence-corrected chi connectivity index (χ1v) is 20.6. The Kier molecular flexibility index (Phi) is 66.2. The Morgan fingerprint density at radius 2 is 0.778 bits per heavy atom. The van der Waals surface area contributed by atoms with Gasteiger partial charge in [0.1, 0.15) is 6.61 Å². The highest BCUT2D eigenvalue weighted by Crippen LogP contribution is 2.26. The maximum absolute atomic E-state index is 11.9. The zero-order valence-corrected chi connectivity index (χ0v) is 39.5. The Hall–Kier alpha value is -0.530. The van der Waals surface area contributed by atoms with E-state index in [1.807, 2.05) is 48.5 Å². The molecule has 0 aromatic heterocycles. The van der Waals surface area contributed by atoms with Crippen LogP contribution in [-0.4, -0.2) is 115 Å². The van der Waals surface area contributed by atoms with Crippen LogP contribution in [0.2, 0.25) is 0 Å². The number of halogens is 3. The minimum Gasteiger partial charge on any atom is -0.385 e. The van der Waals surface area contributed by atoms with Crippen molar-refractivity contribution in [3.63, 3.8) is 0 Å². The van der Waals surface area contributed by atoms with Crippen molar-refractivity contribution in [1.29, 1.82) is 0 Å². The summed E-state index contributed by atoms with van der Waals surface area (Å²) in [5.74, 6) is 0. The zero-order chi connectivity index (χ0) is 43.8. The van der Waals surface area contributed by atoms with Crippen LogP contribution in [0.25, 0.3) is 0 Å². The van der Waals surface area contributed by atoms with Crippen LogP contribution in [-0.2, 0) is 37.9 Å². The second-order valence-electron chi connectivity index (χ2n) is 14.1. The summed E-state index contributed by atoms with van der Waals surface area (Å²) in [5.41, 5.74) is 0.0320. The van der Waals surface area contributed by atoms with Gasteiger partial charge >= 0.3 is 6.18 Å². The number of methoxy groups -OCH3 is 6. The molecule has 0 aliphatic heterocycles. The minimum absolute atomic E-state index is 0.0837. The van der Waals surface area contributed by atoms with Crippen molar-refractivity contribution in [2.24, 2.45) is 16.2 Å². The van der Waals surface area contributed by atoms with Gasteiger partial charge < -0.3 is 37.9 Å². The molecule has 0 rings (SSSR count). The molecule has 54 heavy (non-hydrogen) atoms. The Bertz CT molecular complexity index is 602. The summed E-state index contributed by atoms with van der Waals surface area (Å²) in [5, 5.41) is 0. The molecular weight excluding hydrogens is 701 g/mol. The van der Waals surface area contributed by atoms with Crippen molar-refractivity contribution in [1.82, 2.24) is 0 Å². The maximum atomic E-state index is 11.9. The topological polar surface area (TPSA) is 73.8 Å². The Balaban J connectivity index is -0.000000103. The second kappa shape index (κ2) is 52.5. The van der Waals surface area contributed by atoms with E-state index in [0.717, 1.165) is 71.9 Å². The van der Waals surface area contributed by atoms with Crippen molar-refractivity contribution in [3.8, 4) is 0 Å². The molecule has 0 aliphatic rings. The van der Waals surface area contributed by atoms with Gasteiger partial charge in [-0.3, -0.25) is 0 Å². The molecule has 11 heteroatoms. The average molecular weight is 799 g/mol. The normalized spacial score (nSPS) is 12.8. The van der Waals surface area contributed by atoms with Crippen LogP contribution in [0.3, 0.4) is 0 Å². The summed E-state index contributed by atoms with van der Waals surface area (Å²) in [4.78, 5) is 0.